The Kier molecular flexibility index (Phi) is 7.87. The van der Waals surface area contributed by atoms with E-state index in [-0.39, 0.29) is 29.3 Å². The number of carbonyl (C=O) groups is 1. The minimum atomic E-state index is -3.52. The lowest BCUT2D eigenvalue weighted by atomic mass is 10.1. The van der Waals surface area contributed by atoms with Crippen molar-refractivity contribution in [3.8, 4) is 0 Å². The van der Waals surface area contributed by atoms with Crippen LogP contribution in [0.25, 0.3) is 0 Å². The molecule has 1 fully saturated rings. The van der Waals surface area contributed by atoms with E-state index in [4.69, 9.17) is 0 Å². The number of rotatable bonds is 6. The fourth-order valence-corrected chi connectivity index (χ4v) is 4.24. The van der Waals surface area contributed by atoms with Crippen molar-refractivity contribution in [1.82, 2.24) is 14.5 Å². The number of carbonyl (C=O) groups excluding carboxylic acids is 1. The molecule has 1 aromatic rings. The number of nitrogens with one attached hydrogen (secondary N) is 1. The van der Waals surface area contributed by atoms with Crippen LogP contribution in [-0.4, -0.2) is 63.3 Å². The van der Waals surface area contributed by atoms with Crippen LogP contribution >= 0.6 is 12.4 Å². The Bertz CT molecular complexity index is 677. The van der Waals surface area contributed by atoms with Gasteiger partial charge in [0.1, 0.15) is 0 Å². The summed E-state index contributed by atoms with van der Waals surface area (Å²) in [4.78, 5) is 14.6. The van der Waals surface area contributed by atoms with Crippen molar-refractivity contribution in [2.75, 3.05) is 33.7 Å². The summed E-state index contributed by atoms with van der Waals surface area (Å²) in [7, 11) is -0.0405. The first-order chi connectivity index (χ1) is 11.3. The highest BCUT2D eigenvalue weighted by molar-refractivity contribution is 7.89. The highest BCUT2D eigenvalue weighted by Gasteiger charge is 2.27. The quantitative estimate of drug-likeness (QED) is 0.805. The van der Waals surface area contributed by atoms with Crippen LogP contribution in [0.15, 0.2) is 29.2 Å². The Labute approximate surface area is 157 Å². The van der Waals surface area contributed by atoms with Crippen molar-refractivity contribution >= 4 is 28.3 Å². The van der Waals surface area contributed by atoms with Gasteiger partial charge >= 0.3 is 0 Å². The molecule has 6 nitrogen and oxygen atoms in total. The molecular weight excluding hydrogens is 362 g/mol. The second-order valence-corrected chi connectivity index (χ2v) is 8.60. The lowest BCUT2D eigenvalue weighted by Gasteiger charge is -2.21. The highest BCUT2D eigenvalue weighted by atomic mass is 35.5. The van der Waals surface area contributed by atoms with Gasteiger partial charge in [-0.05, 0) is 64.0 Å². The summed E-state index contributed by atoms with van der Waals surface area (Å²) < 4.78 is 26.2. The van der Waals surface area contributed by atoms with Crippen LogP contribution in [0, 0.1) is 5.92 Å². The summed E-state index contributed by atoms with van der Waals surface area (Å²) in [6.45, 7) is 6.05. The zero-order chi connectivity index (χ0) is 17.9. The summed E-state index contributed by atoms with van der Waals surface area (Å²) in [5.74, 6) is 0.452. The Morgan fingerprint density at radius 3 is 2.44 bits per heavy atom. The molecule has 0 radical (unpaired) electrons. The number of halogens is 1. The first-order valence-corrected chi connectivity index (χ1v) is 9.73. The Hall–Kier alpha value is -1.15. The third-order valence-corrected chi connectivity index (χ3v) is 6.62. The molecular formula is C17H28ClN3O3S. The maximum absolute atomic E-state index is 12.5. The van der Waals surface area contributed by atoms with Gasteiger partial charge in [0.2, 0.25) is 10.0 Å². The average molecular weight is 390 g/mol. The largest absolute Gasteiger partial charge is 0.338 e. The van der Waals surface area contributed by atoms with Gasteiger partial charge < -0.3 is 10.2 Å². The predicted octanol–water partition coefficient (Wildman–Crippen LogP) is 1.82. The van der Waals surface area contributed by atoms with Gasteiger partial charge in [-0.2, -0.15) is 4.31 Å². The van der Waals surface area contributed by atoms with E-state index in [0.717, 1.165) is 26.1 Å². The van der Waals surface area contributed by atoms with Gasteiger partial charge in [-0.15, -0.1) is 12.4 Å². The molecule has 1 saturated heterocycles. The number of benzene rings is 1. The van der Waals surface area contributed by atoms with Crippen molar-refractivity contribution in [1.29, 1.82) is 0 Å². The molecule has 142 valence electrons. The molecule has 1 aromatic carbocycles. The maximum atomic E-state index is 12.5. The third kappa shape index (κ3) is 4.94. The van der Waals surface area contributed by atoms with Gasteiger partial charge in [-0.1, -0.05) is 0 Å². The zero-order valence-electron chi connectivity index (χ0n) is 15.2. The minimum Gasteiger partial charge on any atom is -0.338 e. The van der Waals surface area contributed by atoms with Crippen LogP contribution < -0.4 is 5.32 Å². The molecule has 0 aromatic heterocycles. The van der Waals surface area contributed by atoms with Crippen LogP contribution in [0.2, 0.25) is 0 Å². The molecule has 1 unspecified atom stereocenters. The summed E-state index contributed by atoms with van der Waals surface area (Å²) in [5.41, 5.74) is 0.534. The standard InChI is InChI=1S/C17H27N3O3S.ClH/c1-13(2)19(4)24(22,23)16-7-5-15(6-8-16)17(21)20-10-9-14(12-20)11-18-3;/h5-8,13-14,18H,9-12H2,1-4H3;1H. The molecule has 0 aliphatic carbocycles. The Morgan fingerprint density at radius 1 is 1.32 bits per heavy atom. The van der Waals surface area contributed by atoms with Crippen LogP contribution in [0.1, 0.15) is 30.6 Å². The number of nitrogens with zero attached hydrogens (tertiary/aromatic N) is 2. The van der Waals surface area contributed by atoms with Crippen LogP contribution in [0.5, 0.6) is 0 Å². The molecule has 0 spiro atoms. The average Bonchev–Trinajstić information content (AvgIpc) is 3.02. The molecule has 25 heavy (non-hydrogen) atoms. The van der Waals surface area contributed by atoms with Gasteiger partial charge in [0.05, 0.1) is 4.90 Å². The zero-order valence-corrected chi connectivity index (χ0v) is 16.9. The van der Waals surface area contributed by atoms with Crippen molar-refractivity contribution in [3.63, 3.8) is 0 Å². The minimum absolute atomic E-state index is 0. The Morgan fingerprint density at radius 2 is 1.92 bits per heavy atom. The predicted molar refractivity (Wildman–Crippen MR) is 102 cm³/mol. The molecule has 1 aliphatic heterocycles. The van der Waals surface area contributed by atoms with Gasteiger partial charge in [0.15, 0.2) is 0 Å². The highest BCUT2D eigenvalue weighted by Crippen LogP contribution is 2.21. The normalized spacial score (nSPS) is 17.8. The second kappa shape index (κ2) is 8.98. The fourth-order valence-electron chi connectivity index (χ4n) is 2.87. The molecule has 1 atom stereocenters. The summed E-state index contributed by atoms with van der Waals surface area (Å²) in [6.07, 6.45) is 0.998. The number of hydrogen-bond donors (Lipinski definition) is 1. The molecule has 0 saturated carbocycles. The fraction of sp³-hybridized carbons (Fsp3) is 0.588. The van der Waals surface area contributed by atoms with E-state index in [9.17, 15) is 13.2 Å². The van der Waals surface area contributed by atoms with E-state index in [1.165, 1.54) is 16.4 Å². The topological polar surface area (TPSA) is 69.7 Å². The van der Waals surface area contributed by atoms with E-state index in [1.807, 2.05) is 25.8 Å². The Balaban J connectivity index is 0.00000312. The van der Waals surface area contributed by atoms with Crippen LogP contribution in [0.4, 0.5) is 0 Å². The monoisotopic (exact) mass is 389 g/mol. The molecule has 1 aliphatic rings. The molecule has 8 heteroatoms. The van der Waals surface area contributed by atoms with E-state index >= 15 is 0 Å². The summed E-state index contributed by atoms with van der Waals surface area (Å²) in [6, 6.07) is 6.12. The molecule has 1 amide bonds. The van der Waals surface area contributed by atoms with E-state index in [1.54, 1.807) is 19.2 Å². The van der Waals surface area contributed by atoms with E-state index in [0.29, 0.717) is 11.5 Å². The summed E-state index contributed by atoms with van der Waals surface area (Å²) in [5, 5.41) is 3.14. The third-order valence-electron chi connectivity index (χ3n) is 4.57. The van der Waals surface area contributed by atoms with Crippen molar-refractivity contribution in [2.45, 2.75) is 31.2 Å². The van der Waals surface area contributed by atoms with Crippen molar-refractivity contribution < 1.29 is 13.2 Å². The van der Waals surface area contributed by atoms with E-state index < -0.39 is 10.0 Å². The van der Waals surface area contributed by atoms with Crippen molar-refractivity contribution in [3.05, 3.63) is 29.8 Å². The van der Waals surface area contributed by atoms with Gasteiger partial charge in [-0.25, -0.2) is 8.42 Å². The summed E-state index contributed by atoms with van der Waals surface area (Å²) >= 11 is 0. The van der Waals surface area contributed by atoms with Crippen molar-refractivity contribution in [2.24, 2.45) is 5.92 Å². The van der Waals surface area contributed by atoms with Gasteiger partial charge in [-0.3, -0.25) is 4.79 Å². The first-order valence-electron chi connectivity index (χ1n) is 8.29. The van der Waals surface area contributed by atoms with Gasteiger partial charge in [0, 0.05) is 31.7 Å². The number of likely N-dealkylation sites (tertiary alicyclic amines) is 1. The molecule has 0 bridgehead atoms. The second-order valence-electron chi connectivity index (χ2n) is 6.60. The lowest BCUT2D eigenvalue weighted by molar-refractivity contribution is 0.0787. The smallest absolute Gasteiger partial charge is 0.253 e. The maximum Gasteiger partial charge on any atom is 0.253 e. The van der Waals surface area contributed by atoms with Gasteiger partial charge in [0.25, 0.3) is 5.91 Å². The molecule has 1 heterocycles. The van der Waals surface area contributed by atoms with Crippen LogP contribution in [-0.2, 0) is 10.0 Å². The lowest BCUT2D eigenvalue weighted by Crippen LogP contribution is -2.33. The number of sulfonamides is 1. The van der Waals surface area contributed by atoms with Crippen LogP contribution in [0.3, 0.4) is 0 Å². The first kappa shape index (κ1) is 21.9. The number of amides is 1. The number of hydrogen-bond acceptors (Lipinski definition) is 4. The SMILES string of the molecule is CNCC1CCN(C(=O)c2ccc(S(=O)(=O)N(C)C(C)C)cc2)C1.Cl. The van der Waals surface area contributed by atoms with E-state index in [2.05, 4.69) is 5.32 Å². The molecule has 1 N–H and O–H groups in total. The molecule has 2 rings (SSSR count).